The lowest BCUT2D eigenvalue weighted by Gasteiger charge is -2.14. The van der Waals surface area contributed by atoms with Crippen LogP contribution in [0.4, 0.5) is 5.69 Å². The van der Waals surface area contributed by atoms with Crippen LogP contribution in [0.2, 0.25) is 0 Å². The zero-order chi connectivity index (χ0) is 18.7. The molecule has 0 aliphatic carbocycles. The number of carbonyl (C=O) groups excluding carboxylic acids is 3. The van der Waals surface area contributed by atoms with Crippen molar-refractivity contribution < 1.29 is 19.1 Å². The highest BCUT2D eigenvalue weighted by molar-refractivity contribution is 5.97. The Kier molecular flexibility index (Phi) is 5.02. The molecule has 134 valence electrons. The highest BCUT2D eigenvalue weighted by atomic mass is 16.5. The van der Waals surface area contributed by atoms with Gasteiger partial charge in [0.05, 0.1) is 12.7 Å². The molecule has 1 heterocycles. The summed E-state index contributed by atoms with van der Waals surface area (Å²) in [5, 5.41) is 2.87. The van der Waals surface area contributed by atoms with Gasteiger partial charge in [0.25, 0.3) is 5.91 Å². The van der Waals surface area contributed by atoms with E-state index < -0.39 is 5.97 Å². The van der Waals surface area contributed by atoms with Crippen LogP contribution in [0.3, 0.4) is 0 Å². The van der Waals surface area contributed by atoms with Gasteiger partial charge in [0.1, 0.15) is 0 Å². The van der Waals surface area contributed by atoms with Crippen LogP contribution in [0.15, 0.2) is 42.5 Å². The maximum atomic E-state index is 12.4. The van der Waals surface area contributed by atoms with Gasteiger partial charge in [-0.15, -0.1) is 0 Å². The molecule has 0 aromatic heterocycles. The van der Waals surface area contributed by atoms with Gasteiger partial charge in [-0.2, -0.15) is 0 Å². The average Bonchev–Trinajstić information content (AvgIpc) is 3.09. The Labute approximate surface area is 151 Å². The molecule has 1 aliphatic heterocycles. The van der Waals surface area contributed by atoms with Crippen molar-refractivity contribution >= 4 is 23.5 Å². The molecule has 0 bridgehead atoms. The number of methoxy groups -OCH3 is 1. The first kappa shape index (κ1) is 17.7. The zero-order valence-electron chi connectivity index (χ0n) is 14.7. The largest absolute Gasteiger partial charge is 0.465 e. The first-order valence-corrected chi connectivity index (χ1v) is 8.36. The van der Waals surface area contributed by atoms with E-state index in [0.717, 1.165) is 23.2 Å². The number of rotatable bonds is 4. The summed E-state index contributed by atoms with van der Waals surface area (Å²) in [6.07, 6.45) is 0.755. The molecule has 0 atom stereocenters. The third-order valence-corrected chi connectivity index (χ3v) is 4.45. The van der Waals surface area contributed by atoms with Crippen LogP contribution in [0, 0.1) is 0 Å². The monoisotopic (exact) mass is 352 g/mol. The van der Waals surface area contributed by atoms with Gasteiger partial charge in [-0.25, -0.2) is 4.79 Å². The van der Waals surface area contributed by atoms with Crippen LogP contribution in [-0.4, -0.2) is 31.4 Å². The minimum atomic E-state index is -0.390. The van der Waals surface area contributed by atoms with E-state index in [4.69, 9.17) is 0 Å². The lowest BCUT2D eigenvalue weighted by atomic mass is 10.1. The van der Waals surface area contributed by atoms with E-state index in [1.807, 2.05) is 12.1 Å². The molecule has 2 aromatic carbocycles. The third-order valence-electron chi connectivity index (χ3n) is 4.45. The summed E-state index contributed by atoms with van der Waals surface area (Å²) < 4.78 is 4.66. The van der Waals surface area contributed by atoms with Crippen molar-refractivity contribution in [3.05, 3.63) is 64.7 Å². The molecule has 26 heavy (non-hydrogen) atoms. The number of esters is 1. The van der Waals surface area contributed by atoms with Crippen molar-refractivity contribution in [2.75, 3.05) is 18.6 Å². The molecule has 0 unspecified atom stereocenters. The molecule has 2 aromatic rings. The number of nitrogens with one attached hydrogen (secondary N) is 1. The fraction of sp³-hybridized carbons (Fsp3) is 0.250. The first-order valence-electron chi connectivity index (χ1n) is 8.36. The number of anilines is 1. The van der Waals surface area contributed by atoms with E-state index in [1.165, 1.54) is 7.11 Å². The molecule has 1 N–H and O–H groups in total. The summed E-state index contributed by atoms with van der Waals surface area (Å²) in [6, 6.07) is 12.3. The van der Waals surface area contributed by atoms with Gasteiger partial charge in [0.15, 0.2) is 0 Å². The van der Waals surface area contributed by atoms with Gasteiger partial charge in [-0.05, 0) is 47.9 Å². The average molecular weight is 352 g/mol. The van der Waals surface area contributed by atoms with E-state index in [9.17, 15) is 14.4 Å². The number of ether oxygens (including phenoxy) is 1. The quantitative estimate of drug-likeness (QED) is 0.857. The second-order valence-electron chi connectivity index (χ2n) is 6.14. The molecule has 6 nitrogen and oxygen atoms in total. The summed E-state index contributed by atoms with van der Waals surface area (Å²) in [5.74, 6) is -0.555. The topological polar surface area (TPSA) is 75.7 Å². The van der Waals surface area contributed by atoms with Crippen LogP contribution in [0.25, 0.3) is 0 Å². The number of amides is 2. The normalized spacial score (nSPS) is 12.5. The highest BCUT2D eigenvalue weighted by Gasteiger charge is 2.23. The minimum absolute atomic E-state index is 0.0105. The molecular formula is C20H20N2O4. The van der Waals surface area contributed by atoms with Crippen molar-refractivity contribution in [2.24, 2.45) is 0 Å². The smallest absolute Gasteiger partial charge is 0.337 e. The first-order chi connectivity index (χ1) is 12.5. The Balaban J connectivity index is 1.64. The molecule has 1 aliphatic rings. The summed E-state index contributed by atoms with van der Waals surface area (Å²) >= 11 is 0. The van der Waals surface area contributed by atoms with Crippen LogP contribution < -0.4 is 10.2 Å². The van der Waals surface area contributed by atoms with Gasteiger partial charge < -0.3 is 15.0 Å². The number of nitrogens with zero attached hydrogens (tertiary/aromatic N) is 1. The Morgan fingerprint density at radius 1 is 1.08 bits per heavy atom. The standard InChI is InChI=1S/C20H20N2O4/c1-13(23)22-10-9-16-11-17(7-8-18(16)22)19(24)21-12-14-3-5-15(6-4-14)20(25)26-2/h3-8,11H,9-10,12H2,1-2H3,(H,21,24). The predicted molar refractivity (Wildman–Crippen MR) is 97.1 cm³/mol. The molecule has 6 heteroatoms. The van der Waals surface area contributed by atoms with Crippen molar-refractivity contribution in [1.29, 1.82) is 0 Å². The molecular weight excluding hydrogens is 332 g/mol. The maximum Gasteiger partial charge on any atom is 0.337 e. The lowest BCUT2D eigenvalue weighted by molar-refractivity contribution is -0.116. The lowest BCUT2D eigenvalue weighted by Crippen LogP contribution is -2.26. The van der Waals surface area contributed by atoms with E-state index in [1.54, 1.807) is 42.2 Å². The molecule has 0 fully saturated rings. The number of hydrogen-bond donors (Lipinski definition) is 1. The molecule has 0 spiro atoms. The van der Waals surface area contributed by atoms with Gasteiger partial charge >= 0.3 is 5.97 Å². The highest BCUT2D eigenvalue weighted by Crippen LogP contribution is 2.28. The second-order valence-corrected chi connectivity index (χ2v) is 6.14. The fourth-order valence-corrected chi connectivity index (χ4v) is 3.03. The van der Waals surface area contributed by atoms with Crippen molar-refractivity contribution in [1.82, 2.24) is 5.32 Å². The van der Waals surface area contributed by atoms with Gasteiger partial charge in [0, 0.05) is 31.3 Å². The maximum absolute atomic E-state index is 12.4. The van der Waals surface area contributed by atoms with E-state index >= 15 is 0 Å². The zero-order valence-corrected chi connectivity index (χ0v) is 14.7. The van der Waals surface area contributed by atoms with Crippen molar-refractivity contribution in [2.45, 2.75) is 19.9 Å². The minimum Gasteiger partial charge on any atom is -0.465 e. The summed E-state index contributed by atoms with van der Waals surface area (Å²) in [5.41, 5.74) is 3.81. The van der Waals surface area contributed by atoms with Crippen LogP contribution >= 0.6 is 0 Å². The summed E-state index contributed by atoms with van der Waals surface area (Å²) in [6.45, 7) is 2.56. The third kappa shape index (κ3) is 3.59. The Bertz CT molecular complexity index is 859. The van der Waals surface area contributed by atoms with Crippen LogP contribution in [0.5, 0.6) is 0 Å². The van der Waals surface area contributed by atoms with Crippen molar-refractivity contribution in [3.63, 3.8) is 0 Å². The van der Waals surface area contributed by atoms with E-state index in [-0.39, 0.29) is 11.8 Å². The molecule has 2 amide bonds. The molecule has 0 saturated carbocycles. The summed E-state index contributed by atoms with van der Waals surface area (Å²) in [7, 11) is 1.34. The van der Waals surface area contributed by atoms with Gasteiger partial charge in [-0.3, -0.25) is 9.59 Å². The molecule has 0 radical (unpaired) electrons. The van der Waals surface area contributed by atoms with Gasteiger partial charge in [0.2, 0.25) is 5.91 Å². The Morgan fingerprint density at radius 2 is 1.77 bits per heavy atom. The number of hydrogen-bond acceptors (Lipinski definition) is 4. The summed E-state index contributed by atoms with van der Waals surface area (Å²) in [4.78, 5) is 37.1. The van der Waals surface area contributed by atoms with Crippen LogP contribution in [-0.2, 0) is 22.5 Å². The van der Waals surface area contributed by atoms with Crippen molar-refractivity contribution in [3.8, 4) is 0 Å². The predicted octanol–water partition coefficient (Wildman–Crippen LogP) is 2.31. The SMILES string of the molecule is COC(=O)c1ccc(CNC(=O)c2ccc3c(c2)CCN3C(C)=O)cc1. The van der Waals surface area contributed by atoms with E-state index in [0.29, 0.717) is 24.2 Å². The fourth-order valence-electron chi connectivity index (χ4n) is 3.03. The molecule has 3 rings (SSSR count). The van der Waals surface area contributed by atoms with Gasteiger partial charge in [-0.1, -0.05) is 12.1 Å². The number of fused-ring (bicyclic) bond motifs is 1. The second kappa shape index (κ2) is 7.39. The Morgan fingerprint density at radius 3 is 2.42 bits per heavy atom. The molecule has 0 saturated heterocycles. The number of carbonyl (C=O) groups is 3. The Hall–Kier alpha value is -3.15. The van der Waals surface area contributed by atoms with Crippen LogP contribution in [0.1, 0.15) is 38.8 Å². The van der Waals surface area contributed by atoms with E-state index in [2.05, 4.69) is 10.1 Å². The number of benzene rings is 2.